The Labute approximate surface area is 131 Å². The van der Waals surface area contributed by atoms with Crippen molar-refractivity contribution in [3.8, 4) is 0 Å². The van der Waals surface area contributed by atoms with E-state index in [1.165, 1.54) is 18.5 Å². The molecule has 2 atom stereocenters. The van der Waals surface area contributed by atoms with E-state index in [1.54, 1.807) is 0 Å². The Kier molecular flexibility index (Phi) is 5.32. The first-order chi connectivity index (χ1) is 10.8. The Hall–Kier alpha value is -2.00. The lowest BCUT2D eigenvalue weighted by Gasteiger charge is -2.21. The fourth-order valence-corrected chi connectivity index (χ4v) is 2.68. The van der Waals surface area contributed by atoms with Crippen molar-refractivity contribution in [2.24, 2.45) is 11.7 Å². The van der Waals surface area contributed by atoms with E-state index in [1.807, 2.05) is 6.07 Å². The van der Waals surface area contributed by atoms with Gasteiger partial charge in [0, 0.05) is 12.6 Å². The third kappa shape index (κ3) is 4.73. The number of hydrazine groups is 2. The number of alkyl halides is 3. The Bertz CT molecular complexity index is 553. The number of halogens is 3. The fraction of sp³-hybridized carbons (Fsp3) is 0.500. The molecule has 3 rings (SSSR count). The Morgan fingerprint density at radius 2 is 2.00 bits per heavy atom. The van der Waals surface area contributed by atoms with E-state index in [-0.39, 0.29) is 0 Å². The van der Waals surface area contributed by atoms with E-state index in [2.05, 4.69) is 34.2 Å². The maximum atomic E-state index is 10.6. The summed E-state index contributed by atoms with van der Waals surface area (Å²) >= 11 is 0. The molecule has 0 amide bonds. The van der Waals surface area contributed by atoms with Crippen LogP contribution >= 0.6 is 0 Å². The number of benzene rings is 1. The van der Waals surface area contributed by atoms with Crippen LogP contribution in [-0.4, -0.2) is 29.8 Å². The predicted octanol–water partition coefficient (Wildman–Crippen LogP) is 2.10. The van der Waals surface area contributed by atoms with Gasteiger partial charge in [0.2, 0.25) is 0 Å². The van der Waals surface area contributed by atoms with Crippen LogP contribution in [-0.2, 0) is 4.79 Å². The van der Waals surface area contributed by atoms with Crippen molar-refractivity contribution in [1.29, 1.82) is 0 Å². The molecular formula is C14H19F3N4O2. The molecular weight excluding hydrogens is 313 g/mol. The van der Waals surface area contributed by atoms with Crippen LogP contribution in [0.4, 0.5) is 24.5 Å². The quantitative estimate of drug-likeness (QED) is 0.663. The molecule has 9 heteroatoms. The van der Waals surface area contributed by atoms with Crippen molar-refractivity contribution < 1.29 is 23.1 Å². The van der Waals surface area contributed by atoms with Crippen LogP contribution < -0.4 is 21.7 Å². The predicted molar refractivity (Wildman–Crippen MR) is 79.6 cm³/mol. The monoisotopic (exact) mass is 332 g/mol. The summed E-state index contributed by atoms with van der Waals surface area (Å²) in [6.45, 7) is 1.04. The van der Waals surface area contributed by atoms with Gasteiger partial charge in [-0.15, -0.1) is 5.53 Å². The van der Waals surface area contributed by atoms with E-state index in [4.69, 9.17) is 15.6 Å². The van der Waals surface area contributed by atoms with Crippen LogP contribution in [0.3, 0.4) is 0 Å². The van der Waals surface area contributed by atoms with Gasteiger partial charge < -0.3 is 16.3 Å². The lowest BCUT2D eigenvalue weighted by Crippen LogP contribution is -2.39. The second-order valence-corrected chi connectivity index (χ2v) is 5.61. The molecule has 0 unspecified atom stereocenters. The van der Waals surface area contributed by atoms with Crippen molar-refractivity contribution in [3.05, 3.63) is 24.3 Å². The Morgan fingerprint density at radius 3 is 2.57 bits per heavy atom. The molecule has 1 heterocycles. The van der Waals surface area contributed by atoms with Gasteiger partial charge in [-0.25, -0.2) is 4.79 Å². The molecule has 6 nitrogen and oxygen atoms in total. The molecule has 0 radical (unpaired) electrons. The molecule has 0 aromatic heterocycles. The van der Waals surface area contributed by atoms with Crippen molar-refractivity contribution in [2.45, 2.75) is 31.5 Å². The standard InChI is InChI=1S/C12H18N4.C2HF3O2/c13-10-6-5-9(7-10)8-16-12-4-2-1-3-11(12)14-15-16;3-2(4,5)1(6)7/h1-4,9-10,14-15H,5-8,13H2;(H,6,7)/t9-,10+;/m0./s1. The van der Waals surface area contributed by atoms with Crippen LogP contribution in [0.25, 0.3) is 0 Å². The average Bonchev–Trinajstić information content (AvgIpc) is 3.06. The number of hydrogen-bond donors (Lipinski definition) is 4. The van der Waals surface area contributed by atoms with Crippen molar-refractivity contribution in [3.63, 3.8) is 0 Å². The fourth-order valence-electron chi connectivity index (χ4n) is 2.68. The van der Waals surface area contributed by atoms with Crippen LogP contribution in [0, 0.1) is 5.92 Å². The molecule has 1 aromatic carbocycles. The van der Waals surface area contributed by atoms with E-state index >= 15 is 0 Å². The van der Waals surface area contributed by atoms with Gasteiger partial charge >= 0.3 is 12.1 Å². The third-order valence-electron chi connectivity index (χ3n) is 3.79. The number of carbonyl (C=O) groups is 1. The van der Waals surface area contributed by atoms with Crippen LogP contribution in [0.2, 0.25) is 0 Å². The number of carboxylic acid groups (broad SMARTS) is 1. The molecule has 2 aliphatic rings. The molecule has 1 aromatic rings. The zero-order chi connectivity index (χ0) is 17.0. The summed E-state index contributed by atoms with van der Waals surface area (Å²) in [4.78, 5) is 8.90. The summed E-state index contributed by atoms with van der Waals surface area (Å²) in [5, 5.41) is 9.32. The molecule has 128 valence electrons. The number of hydrogen-bond acceptors (Lipinski definition) is 5. The molecule has 0 spiro atoms. The summed E-state index contributed by atoms with van der Waals surface area (Å²) in [6.07, 6.45) is -1.50. The number of aliphatic carboxylic acids is 1. The topological polar surface area (TPSA) is 90.6 Å². The second-order valence-electron chi connectivity index (χ2n) is 5.61. The van der Waals surface area contributed by atoms with Gasteiger partial charge in [-0.2, -0.15) is 13.2 Å². The number of rotatable bonds is 2. The summed E-state index contributed by atoms with van der Waals surface area (Å²) in [5.41, 5.74) is 14.7. The highest BCUT2D eigenvalue weighted by Gasteiger charge is 2.38. The summed E-state index contributed by atoms with van der Waals surface area (Å²) in [5.74, 6) is -2.04. The normalized spacial score (nSPS) is 22.9. The first-order valence-electron chi connectivity index (χ1n) is 7.21. The van der Waals surface area contributed by atoms with Gasteiger partial charge in [0.15, 0.2) is 0 Å². The number of nitrogens with one attached hydrogen (secondary N) is 2. The molecule has 0 saturated heterocycles. The van der Waals surface area contributed by atoms with Gasteiger partial charge in [-0.3, -0.25) is 5.01 Å². The molecule has 1 fully saturated rings. The molecule has 1 aliphatic carbocycles. The molecule has 5 N–H and O–H groups in total. The molecule has 1 aliphatic heterocycles. The minimum atomic E-state index is -5.08. The molecule has 0 bridgehead atoms. The summed E-state index contributed by atoms with van der Waals surface area (Å²) in [6, 6.07) is 8.75. The first kappa shape index (κ1) is 17.4. The number of fused-ring (bicyclic) bond motifs is 1. The number of nitrogens with zero attached hydrogens (tertiary/aromatic N) is 1. The number of para-hydroxylation sites is 2. The number of nitrogens with two attached hydrogens (primary N) is 1. The lowest BCUT2D eigenvalue weighted by atomic mass is 10.1. The zero-order valence-electron chi connectivity index (χ0n) is 12.3. The highest BCUT2D eigenvalue weighted by molar-refractivity contribution is 5.73. The number of carboxylic acids is 1. The largest absolute Gasteiger partial charge is 0.490 e. The minimum Gasteiger partial charge on any atom is -0.475 e. The van der Waals surface area contributed by atoms with Gasteiger partial charge in [0.1, 0.15) is 0 Å². The molecule has 23 heavy (non-hydrogen) atoms. The van der Waals surface area contributed by atoms with Crippen molar-refractivity contribution >= 4 is 17.3 Å². The van der Waals surface area contributed by atoms with Gasteiger partial charge in [0.25, 0.3) is 0 Å². The SMILES string of the molecule is N[C@@H]1CC[C@H](CN2NNc3ccccc32)C1.O=C(O)C(F)(F)F. The van der Waals surface area contributed by atoms with E-state index < -0.39 is 12.1 Å². The van der Waals surface area contributed by atoms with Crippen LogP contribution in [0.1, 0.15) is 19.3 Å². The summed E-state index contributed by atoms with van der Waals surface area (Å²) < 4.78 is 31.7. The van der Waals surface area contributed by atoms with Gasteiger partial charge in [-0.1, -0.05) is 12.1 Å². The van der Waals surface area contributed by atoms with Crippen molar-refractivity contribution in [1.82, 2.24) is 5.53 Å². The van der Waals surface area contributed by atoms with Gasteiger partial charge in [0.05, 0.1) is 11.4 Å². The second kappa shape index (κ2) is 7.05. The minimum absolute atomic E-state index is 0.413. The maximum absolute atomic E-state index is 10.6. The maximum Gasteiger partial charge on any atom is 0.490 e. The van der Waals surface area contributed by atoms with Gasteiger partial charge in [-0.05, 0) is 37.3 Å². The van der Waals surface area contributed by atoms with Crippen LogP contribution in [0.5, 0.6) is 0 Å². The zero-order valence-corrected chi connectivity index (χ0v) is 12.3. The average molecular weight is 332 g/mol. The highest BCUT2D eigenvalue weighted by Crippen LogP contribution is 2.31. The number of anilines is 2. The highest BCUT2D eigenvalue weighted by atomic mass is 19.4. The van der Waals surface area contributed by atoms with Crippen LogP contribution in [0.15, 0.2) is 24.3 Å². The third-order valence-corrected chi connectivity index (χ3v) is 3.79. The smallest absolute Gasteiger partial charge is 0.475 e. The molecule has 1 saturated carbocycles. The van der Waals surface area contributed by atoms with Crippen molar-refractivity contribution in [2.75, 3.05) is 17.0 Å². The Morgan fingerprint density at radius 1 is 1.35 bits per heavy atom. The first-order valence-corrected chi connectivity index (χ1v) is 7.21. The Balaban J connectivity index is 0.000000236. The summed E-state index contributed by atoms with van der Waals surface area (Å²) in [7, 11) is 0. The van der Waals surface area contributed by atoms with E-state index in [0.29, 0.717) is 6.04 Å². The lowest BCUT2D eigenvalue weighted by molar-refractivity contribution is -0.192. The van der Waals surface area contributed by atoms with E-state index in [0.717, 1.165) is 24.6 Å². The van der Waals surface area contributed by atoms with E-state index in [9.17, 15) is 13.2 Å².